The fourth-order valence-corrected chi connectivity index (χ4v) is 8.49. The van der Waals surface area contributed by atoms with Crippen LogP contribution < -0.4 is 0 Å². The first kappa shape index (κ1) is 16.3. The van der Waals surface area contributed by atoms with E-state index >= 15 is 0 Å². The Labute approximate surface area is 151 Å². The van der Waals surface area contributed by atoms with Crippen LogP contribution in [0.15, 0.2) is 11.6 Å². The fraction of sp³-hybridized carbons (Fsp3) is 0.826. The van der Waals surface area contributed by atoms with Crippen molar-refractivity contribution in [1.29, 1.82) is 0 Å². The van der Waals surface area contributed by atoms with Gasteiger partial charge in [0.1, 0.15) is 5.78 Å². The van der Waals surface area contributed by atoms with Crippen LogP contribution in [0, 0.1) is 34.0 Å². The van der Waals surface area contributed by atoms with E-state index in [4.69, 9.17) is 0 Å². The van der Waals surface area contributed by atoms with Crippen LogP contribution in [0.25, 0.3) is 0 Å². The summed E-state index contributed by atoms with van der Waals surface area (Å²) in [5.74, 6) is 3.21. The van der Waals surface area contributed by atoms with E-state index in [0.717, 1.165) is 62.7 Å². The number of carbonyl (C=O) groups is 2. The van der Waals surface area contributed by atoms with Crippen LogP contribution in [0.5, 0.6) is 0 Å². The highest BCUT2D eigenvalue weighted by molar-refractivity contribution is 5.91. The highest BCUT2D eigenvalue weighted by Crippen LogP contribution is 2.72. The molecule has 4 saturated carbocycles. The molecule has 0 bridgehead atoms. The minimum absolute atomic E-state index is 0.0299. The van der Waals surface area contributed by atoms with Gasteiger partial charge in [-0.05, 0) is 92.4 Å². The molecule has 5 aliphatic rings. The lowest BCUT2D eigenvalue weighted by atomic mass is 9.45. The highest BCUT2D eigenvalue weighted by atomic mass is 16.1. The van der Waals surface area contributed by atoms with Gasteiger partial charge in [0, 0.05) is 18.3 Å². The third-order valence-electron chi connectivity index (χ3n) is 9.87. The van der Waals surface area contributed by atoms with Gasteiger partial charge in [0.15, 0.2) is 5.78 Å². The summed E-state index contributed by atoms with van der Waals surface area (Å²) in [6, 6.07) is 0. The van der Waals surface area contributed by atoms with E-state index in [1.54, 1.807) is 0 Å². The van der Waals surface area contributed by atoms with Crippen LogP contribution >= 0.6 is 0 Å². The van der Waals surface area contributed by atoms with Gasteiger partial charge >= 0.3 is 0 Å². The van der Waals surface area contributed by atoms with Gasteiger partial charge in [-0.1, -0.05) is 19.4 Å². The Hall–Kier alpha value is -0.920. The maximum atomic E-state index is 12.9. The molecule has 0 N–H and O–H groups in total. The molecule has 0 aromatic heterocycles. The van der Waals surface area contributed by atoms with Crippen molar-refractivity contribution >= 4 is 11.6 Å². The fourth-order valence-electron chi connectivity index (χ4n) is 8.49. The Bertz CT molecular complexity index is 676. The molecule has 5 rings (SSSR count). The van der Waals surface area contributed by atoms with Gasteiger partial charge in [-0.15, -0.1) is 0 Å². The number of Topliss-reactive ketones (excluding diaryl/α,β-unsaturated/α-hetero) is 1. The largest absolute Gasteiger partial charge is 0.299 e. The zero-order chi connectivity index (χ0) is 17.4. The number of fused-ring (bicyclic) bond motifs is 6. The third kappa shape index (κ3) is 1.87. The molecule has 25 heavy (non-hydrogen) atoms. The Kier molecular flexibility index (Phi) is 3.30. The molecule has 0 saturated heterocycles. The number of rotatable bonds is 0. The summed E-state index contributed by atoms with van der Waals surface area (Å²) in [4.78, 5) is 24.8. The van der Waals surface area contributed by atoms with Crippen molar-refractivity contribution in [3.8, 4) is 0 Å². The Morgan fingerprint density at radius 1 is 0.880 bits per heavy atom. The van der Waals surface area contributed by atoms with Gasteiger partial charge in [-0.25, -0.2) is 0 Å². The van der Waals surface area contributed by atoms with Crippen molar-refractivity contribution in [1.82, 2.24) is 0 Å². The van der Waals surface area contributed by atoms with Gasteiger partial charge in [-0.2, -0.15) is 0 Å². The summed E-state index contributed by atoms with van der Waals surface area (Å²) in [7, 11) is 0. The lowest BCUT2D eigenvalue weighted by Gasteiger charge is -2.59. The van der Waals surface area contributed by atoms with Gasteiger partial charge < -0.3 is 0 Å². The van der Waals surface area contributed by atoms with E-state index in [1.165, 1.54) is 31.3 Å². The van der Waals surface area contributed by atoms with E-state index < -0.39 is 0 Å². The van der Waals surface area contributed by atoms with Crippen molar-refractivity contribution < 1.29 is 9.59 Å². The Balaban J connectivity index is 1.51. The predicted octanol–water partition coefficient (Wildman–Crippen LogP) is 5.26. The van der Waals surface area contributed by atoms with Crippen molar-refractivity contribution in [2.24, 2.45) is 34.0 Å². The molecule has 1 spiro atoms. The van der Waals surface area contributed by atoms with E-state index in [0.29, 0.717) is 11.6 Å². The van der Waals surface area contributed by atoms with Crippen LogP contribution in [0.4, 0.5) is 0 Å². The molecule has 2 nitrogen and oxygen atoms in total. The zero-order valence-corrected chi connectivity index (χ0v) is 15.9. The third-order valence-corrected chi connectivity index (χ3v) is 9.87. The summed E-state index contributed by atoms with van der Waals surface area (Å²) in [5.41, 5.74) is 2.00. The van der Waals surface area contributed by atoms with E-state index in [-0.39, 0.29) is 16.2 Å². The number of ketones is 2. The van der Waals surface area contributed by atoms with Gasteiger partial charge in [0.2, 0.25) is 0 Å². The second-order valence-electron chi connectivity index (χ2n) is 10.3. The molecule has 4 fully saturated rings. The molecular weight excluding hydrogens is 308 g/mol. The predicted molar refractivity (Wildman–Crippen MR) is 98.0 cm³/mol. The normalized spacial score (nSPS) is 51.9. The molecule has 0 aromatic rings. The molecule has 2 heteroatoms. The maximum absolute atomic E-state index is 12.9. The highest BCUT2D eigenvalue weighted by Gasteiger charge is 2.66. The van der Waals surface area contributed by atoms with E-state index in [2.05, 4.69) is 13.8 Å². The lowest BCUT2D eigenvalue weighted by Crippen LogP contribution is -2.53. The Morgan fingerprint density at radius 2 is 1.68 bits per heavy atom. The summed E-state index contributed by atoms with van der Waals surface area (Å²) >= 11 is 0. The number of hydrogen-bond acceptors (Lipinski definition) is 2. The standard InChI is InChI=1S/C23H32O2/c1-21-11-7-16(24)14-15(21)5-6-17-18(21)8-12-22(2)19(17)9-13-23(22)10-3-4-20(23)25/h14,17-19H,3-13H2,1-2H3/t17?,18-,19?,21?,22?,23-/m0/s1. The number of carbonyl (C=O) groups excluding carboxylic acids is 2. The summed E-state index contributed by atoms with van der Waals surface area (Å²) in [6.45, 7) is 4.94. The molecule has 6 atom stereocenters. The SMILES string of the molecule is CC12CCC(=O)C=C1CCC1C3CC[C@]4(CCCC4=O)C3(C)CC[C@@H]12. The minimum Gasteiger partial charge on any atom is -0.299 e. The maximum Gasteiger partial charge on any atom is 0.155 e. The topological polar surface area (TPSA) is 34.1 Å². The Morgan fingerprint density at radius 3 is 2.44 bits per heavy atom. The van der Waals surface area contributed by atoms with E-state index in [1.807, 2.05) is 6.08 Å². The monoisotopic (exact) mass is 340 g/mol. The van der Waals surface area contributed by atoms with Crippen LogP contribution in [-0.2, 0) is 9.59 Å². The molecule has 0 aliphatic heterocycles. The molecule has 0 heterocycles. The zero-order valence-electron chi connectivity index (χ0n) is 15.9. The van der Waals surface area contributed by atoms with Crippen LogP contribution in [0.2, 0.25) is 0 Å². The second-order valence-corrected chi connectivity index (χ2v) is 10.3. The molecule has 0 aromatic carbocycles. The van der Waals surface area contributed by atoms with Gasteiger partial charge in [0.05, 0.1) is 0 Å². The number of allylic oxidation sites excluding steroid dienone is 1. The first-order valence-corrected chi connectivity index (χ1v) is 10.7. The summed E-state index contributed by atoms with van der Waals surface area (Å²) in [5, 5.41) is 0. The molecular formula is C23H32O2. The van der Waals surface area contributed by atoms with Crippen LogP contribution in [0.1, 0.15) is 84.5 Å². The van der Waals surface area contributed by atoms with Crippen molar-refractivity contribution in [3.63, 3.8) is 0 Å². The molecule has 0 radical (unpaired) electrons. The average molecular weight is 341 g/mol. The summed E-state index contributed by atoms with van der Waals surface area (Å²) in [6.07, 6.45) is 14.3. The minimum atomic E-state index is 0.0299. The smallest absolute Gasteiger partial charge is 0.155 e. The molecule has 4 unspecified atom stereocenters. The first-order chi connectivity index (χ1) is 11.9. The number of hydrogen-bond donors (Lipinski definition) is 0. The van der Waals surface area contributed by atoms with Crippen LogP contribution in [0.3, 0.4) is 0 Å². The molecule has 136 valence electrons. The molecule has 5 aliphatic carbocycles. The van der Waals surface area contributed by atoms with Crippen LogP contribution in [-0.4, -0.2) is 11.6 Å². The second kappa shape index (κ2) is 5.08. The first-order valence-electron chi connectivity index (χ1n) is 10.7. The quantitative estimate of drug-likeness (QED) is 0.603. The lowest BCUT2D eigenvalue weighted by molar-refractivity contribution is -0.139. The van der Waals surface area contributed by atoms with Crippen molar-refractivity contribution in [2.45, 2.75) is 84.5 Å². The van der Waals surface area contributed by atoms with Crippen molar-refractivity contribution in [2.75, 3.05) is 0 Å². The summed E-state index contributed by atoms with van der Waals surface area (Å²) < 4.78 is 0. The van der Waals surface area contributed by atoms with E-state index in [9.17, 15) is 9.59 Å². The van der Waals surface area contributed by atoms with Gasteiger partial charge in [0.25, 0.3) is 0 Å². The average Bonchev–Trinajstić information content (AvgIpc) is 3.10. The molecule has 0 amide bonds. The van der Waals surface area contributed by atoms with Crippen molar-refractivity contribution in [3.05, 3.63) is 11.6 Å². The van der Waals surface area contributed by atoms with Gasteiger partial charge in [-0.3, -0.25) is 9.59 Å².